The first kappa shape index (κ1) is 12.9. The summed E-state index contributed by atoms with van der Waals surface area (Å²) in [6, 6.07) is 0. The van der Waals surface area contributed by atoms with Crippen molar-refractivity contribution < 1.29 is 10.2 Å². The van der Waals surface area contributed by atoms with Crippen molar-refractivity contribution in [3.05, 3.63) is 0 Å². The molecule has 3 N–H and O–H groups in total. The number of aliphatic hydroxyl groups excluding tert-OH is 2. The first-order chi connectivity index (χ1) is 6.14. The number of nitrogens with one attached hydrogen (secondary N) is 1. The van der Waals surface area contributed by atoms with Gasteiger partial charge in [0, 0.05) is 12.1 Å². The molecule has 0 radical (unpaired) electrons. The summed E-state index contributed by atoms with van der Waals surface area (Å²) in [6.07, 6.45) is 2.53. The Morgan fingerprint density at radius 3 is 1.92 bits per heavy atom. The predicted molar refractivity (Wildman–Crippen MR) is 54.7 cm³/mol. The lowest BCUT2D eigenvalue weighted by Crippen LogP contribution is -2.47. The highest BCUT2D eigenvalue weighted by atomic mass is 16.3. The van der Waals surface area contributed by atoms with Crippen LogP contribution in [-0.2, 0) is 0 Å². The summed E-state index contributed by atoms with van der Waals surface area (Å²) in [5.74, 6) is 0. The van der Waals surface area contributed by atoms with E-state index in [2.05, 4.69) is 26.1 Å². The molecule has 1 atom stereocenters. The van der Waals surface area contributed by atoms with E-state index < -0.39 is 6.10 Å². The molecule has 0 aliphatic heterocycles. The predicted octanol–water partition coefficient (Wildman–Crippen LogP) is 0.898. The van der Waals surface area contributed by atoms with Gasteiger partial charge in [0.15, 0.2) is 0 Å². The smallest absolute Gasteiger partial charge is 0.0895 e. The van der Waals surface area contributed by atoms with Crippen LogP contribution in [0.1, 0.15) is 40.0 Å². The molecule has 3 heteroatoms. The van der Waals surface area contributed by atoms with Gasteiger partial charge in [0.2, 0.25) is 0 Å². The average Bonchev–Trinajstić information content (AvgIpc) is 2.20. The van der Waals surface area contributed by atoms with Gasteiger partial charge in [-0.1, -0.05) is 20.8 Å². The van der Waals surface area contributed by atoms with E-state index in [-0.39, 0.29) is 12.1 Å². The molecular weight excluding hydrogens is 166 g/mol. The second kappa shape index (κ2) is 6.35. The Morgan fingerprint density at radius 2 is 1.62 bits per heavy atom. The summed E-state index contributed by atoms with van der Waals surface area (Å²) in [5, 5.41) is 21.2. The molecule has 0 aromatic rings. The molecule has 0 amide bonds. The van der Waals surface area contributed by atoms with Crippen molar-refractivity contribution >= 4 is 0 Å². The first-order valence-corrected chi connectivity index (χ1v) is 5.18. The lowest BCUT2D eigenvalue weighted by Gasteiger charge is -2.32. The summed E-state index contributed by atoms with van der Waals surface area (Å²) in [6.45, 7) is 6.74. The zero-order chi connectivity index (χ0) is 10.3. The van der Waals surface area contributed by atoms with Crippen molar-refractivity contribution in [2.24, 2.45) is 0 Å². The molecular formula is C10H23NO2. The van der Waals surface area contributed by atoms with Crippen molar-refractivity contribution in [3.8, 4) is 0 Å². The molecule has 0 aliphatic rings. The van der Waals surface area contributed by atoms with E-state index in [1.807, 2.05) is 0 Å². The van der Waals surface area contributed by atoms with Gasteiger partial charge in [-0.3, -0.25) is 0 Å². The topological polar surface area (TPSA) is 52.5 Å². The summed E-state index contributed by atoms with van der Waals surface area (Å²) >= 11 is 0. The number of hydrogen-bond acceptors (Lipinski definition) is 3. The summed E-state index contributed by atoms with van der Waals surface area (Å²) in [7, 11) is 0. The largest absolute Gasteiger partial charge is 0.394 e. The van der Waals surface area contributed by atoms with Gasteiger partial charge < -0.3 is 15.5 Å². The van der Waals surface area contributed by atoms with Crippen LogP contribution < -0.4 is 5.32 Å². The maximum absolute atomic E-state index is 9.20. The van der Waals surface area contributed by atoms with Crippen molar-refractivity contribution in [3.63, 3.8) is 0 Å². The molecule has 0 aliphatic carbocycles. The Kier molecular flexibility index (Phi) is 6.29. The van der Waals surface area contributed by atoms with E-state index in [1.54, 1.807) is 0 Å². The van der Waals surface area contributed by atoms with Crippen LogP contribution in [0.5, 0.6) is 0 Å². The fourth-order valence-corrected chi connectivity index (χ4v) is 1.52. The van der Waals surface area contributed by atoms with Crippen molar-refractivity contribution in [2.45, 2.75) is 51.7 Å². The summed E-state index contributed by atoms with van der Waals surface area (Å²) in [5.41, 5.74) is 0.135. The molecule has 0 heterocycles. The Hall–Kier alpha value is -0.120. The molecule has 0 fully saturated rings. The van der Waals surface area contributed by atoms with E-state index in [9.17, 15) is 5.11 Å². The maximum Gasteiger partial charge on any atom is 0.0895 e. The standard InChI is InChI=1S/C10H23NO2/c1-4-10(5-2,6-3)11-7-9(13)8-12/h9,11-13H,4-8H2,1-3H3. The van der Waals surface area contributed by atoms with Crippen LogP contribution in [-0.4, -0.2) is 35.0 Å². The molecule has 0 bridgehead atoms. The van der Waals surface area contributed by atoms with E-state index >= 15 is 0 Å². The molecule has 13 heavy (non-hydrogen) atoms. The van der Waals surface area contributed by atoms with Gasteiger partial charge in [-0.25, -0.2) is 0 Å². The van der Waals surface area contributed by atoms with E-state index in [0.717, 1.165) is 19.3 Å². The highest BCUT2D eigenvalue weighted by molar-refractivity contribution is 4.84. The maximum atomic E-state index is 9.20. The fraction of sp³-hybridized carbons (Fsp3) is 1.00. The molecule has 0 rings (SSSR count). The zero-order valence-electron chi connectivity index (χ0n) is 9.01. The van der Waals surface area contributed by atoms with Gasteiger partial charge >= 0.3 is 0 Å². The third-order valence-electron chi connectivity index (χ3n) is 2.95. The lowest BCUT2D eigenvalue weighted by molar-refractivity contribution is 0.0837. The van der Waals surface area contributed by atoms with E-state index in [4.69, 9.17) is 5.11 Å². The minimum atomic E-state index is -0.635. The average molecular weight is 189 g/mol. The monoisotopic (exact) mass is 189 g/mol. The Morgan fingerprint density at radius 1 is 1.15 bits per heavy atom. The normalized spacial score (nSPS) is 14.5. The molecule has 0 spiro atoms. The van der Waals surface area contributed by atoms with Gasteiger partial charge in [0.1, 0.15) is 0 Å². The van der Waals surface area contributed by atoms with Gasteiger partial charge in [0.25, 0.3) is 0 Å². The van der Waals surface area contributed by atoms with Crippen LogP contribution in [0.4, 0.5) is 0 Å². The molecule has 1 unspecified atom stereocenters. The number of hydrogen-bond donors (Lipinski definition) is 3. The van der Waals surface area contributed by atoms with Crippen LogP contribution in [0.2, 0.25) is 0 Å². The molecule has 0 saturated heterocycles. The second-order valence-corrected chi connectivity index (χ2v) is 3.56. The highest BCUT2D eigenvalue weighted by Gasteiger charge is 2.23. The van der Waals surface area contributed by atoms with E-state index in [1.165, 1.54) is 0 Å². The van der Waals surface area contributed by atoms with Gasteiger partial charge in [0.05, 0.1) is 12.7 Å². The van der Waals surface area contributed by atoms with Crippen LogP contribution >= 0.6 is 0 Å². The third kappa shape index (κ3) is 4.07. The minimum absolute atomic E-state index is 0.135. The Balaban J connectivity index is 3.95. The van der Waals surface area contributed by atoms with Gasteiger partial charge in [-0.05, 0) is 19.3 Å². The number of aliphatic hydroxyl groups is 2. The first-order valence-electron chi connectivity index (χ1n) is 5.18. The van der Waals surface area contributed by atoms with Crippen LogP contribution in [0.25, 0.3) is 0 Å². The third-order valence-corrected chi connectivity index (χ3v) is 2.95. The summed E-state index contributed by atoms with van der Waals surface area (Å²) in [4.78, 5) is 0. The Labute approximate surface area is 81.2 Å². The molecule has 0 aromatic carbocycles. The lowest BCUT2D eigenvalue weighted by atomic mass is 9.90. The quantitative estimate of drug-likeness (QED) is 0.557. The second-order valence-electron chi connectivity index (χ2n) is 3.56. The zero-order valence-corrected chi connectivity index (χ0v) is 9.01. The molecule has 80 valence electrons. The van der Waals surface area contributed by atoms with Crippen molar-refractivity contribution in [2.75, 3.05) is 13.2 Å². The highest BCUT2D eigenvalue weighted by Crippen LogP contribution is 2.18. The van der Waals surface area contributed by atoms with Crippen molar-refractivity contribution in [1.82, 2.24) is 5.32 Å². The number of β-amino-alcohol motifs (C(OH)–C–C–N with tert-alkyl or cyclic N) is 1. The Bertz CT molecular complexity index is 116. The van der Waals surface area contributed by atoms with Gasteiger partial charge in [-0.2, -0.15) is 0 Å². The summed E-state index contributed by atoms with van der Waals surface area (Å²) < 4.78 is 0. The van der Waals surface area contributed by atoms with Gasteiger partial charge in [-0.15, -0.1) is 0 Å². The molecule has 0 saturated carbocycles. The van der Waals surface area contributed by atoms with Crippen molar-refractivity contribution in [1.29, 1.82) is 0 Å². The fourth-order valence-electron chi connectivity index (χ4n) is 1.52. The van der Waals surface area contributed by atoms with Crippen LogP contribution in [0, 0.1) is 0 Å². The molecule has 0 aromatic heterocycles. The van der Waals surface area contributed by atoms with Crippen LogP contribution in [0.15, 0.2) is 0 Å². The van der Waals surface area contributed by atoms with Crippen LogP contribution in [0.3, 0.4) is 0 Å². The number of rotatable bonds is 7. The van der Waals surface area contributed by atoms with E-state index in [0.29, 0.717) is 6.54 Å². The minimum Gasteiger partial charge on any atom is -0.394 e. The SMILES string of the molecule is CCC(CC)(CC)NCC(O)CO. The molecule has 3 nitrogen and oxygen atoms in total.